The first kappa shape index (κ1) is 12.8. The minimum Gasteiger partial charge on any atom is -0.466 e. The first-order chi connectivity index (χ1) is 7.93. The van der Waals surface area contributed by atoms with Crippen LogP contribution in [0.1, 0.15) is 17.3 Å². The molecule has 0 bridgehead atoms. The molecule has 0 spiro atoms. The Morgan fingerprint density at radius 3 is 2.18 bits per heavy atom. The van der Waals surface area contributed by atoms with E-state index in [1.807, 2.05) is 0 Å². The number of methoxy groups -OCH3 is 1. The van der Waals surface area contributed by atoms with E-state index >= 15 is 0 Å². The Bertz CT molecular complexity index is 425. The lowest BCUT2D eigenvalue weighted by molar-refractivity contribution is -0.149. The van der Waals surface area contributed by atoms with Crippen LogP contribution in [-0.2, 0) is 14.3 Å². The van der Waals surface area contributed by atoms with Crippen LogP contribution in [0.3, 0.4) is 0 Å². The number of esters is 2. The molecule has 0 saturated heterocycles. The topological polar surface area (TPSA) is 105 Å². The van der Waals surface area contributed by atoms with Crippen LogP contribution in [0.25, 0.3) is 0 Å². The second kappa shape index (κ2) is 5.20. The van der Waals surface area contributed by atoms with Crippen molar-refractivity contribution in [2.24, 2.45) is 0 Å². The number of anilines is 2. The Labute approximate surface area is 98.5 Å². The summed E-state index contributed by atoms with van der Waals surface area (Å²) in [6.07, 6.45) is -0.977. The van der Waals surface area contributed by atoms with Gasteiger partial charge in [0.1, 0.15) is 0 Å². The molecule has 6 heteroatoms. The Morgan fingerprint density at radius 1 is 1.18 bits per heavy atom. The molecule has 1 unspecified atom stereocenters. The molecular weight excluding hydrogens is 224 g/mol. The third kappa shape index (κ3) is 3.37. The lowest BCUT2D eigenvalue weighted by atomic mass is 10.2. The van der Waals surface area contributed by atoms with Gasteiger partial charge in [0, 0.05) is 11.4 Å². The molecule has 0 aliphatic carbocycles. The Hall–Kier alpha value is -2.24. The fourth-order valence-corrected chi connectivity index (χ4v) is 1.24. The molecule has 0 saturated carbocycles. The number of hydrogen-bond acceptors (Lipinski definition) is 6. The van der Waals surface area contributed by atoms with Crippen molar-refractivity contribution in [2.45, 2.75) is 13.0 Å². The van der Waals surface area contributed by atoms with Gasteiger partial charge in [0.15, 0.2) is 6.10 Å². The van der Waals surface area contributed by atoms with Gasteiger partial charge in [-0.2, -0.15) is 0 Å². The summed E-state index contributed by atoms with van der Waals surface area (Å²) in [6, 6.07) is 4.35. The SMILES string of the molecule is COC(=O)C(C)OC(=O)c1cc(N)cc(N)c1. The van der Waals surface area contributed by atoms with Gasteiger partial charge in [0.05, 0.1) is 12.7 Å². The first-order valence-electron chi connectivity index (χ1n) is 4.89. The standard InChI is InChI=1S/C11H14N2O4/c1-6(10(14)16-2)17-11(15)7-3-8(12)5-9(13)4-7/h3-6H,12-13H2,1-2H3. The molecule has 0 aromatic heterocycles. The van der Waals surface area contributed by atoms with Gasteiger partial charge in [-0.15, -0.1) is 0 Å². The van der Waals surface area contributed by atoms with Crippen molar-refractivity contribution in [3.8, 4) is 0 Å². The van der Waals surface area contributed by atoms with Crippen LogP contribution < -0.4 is 11.5 Å². The summed E-state index contributed by atoms with van der Waals surface area (Å²) >= 11 is 0. The monoisotopic (exact) mass is 238 g/mol. The first-order valence-corrected chi connectivity index (χ1v) is 4.89. The van der Waals surface area contributed by atoms with Crippen LogP contribution in [0.4, 0.5) is 11.4 Å². The van der Waals surface area contributed by atoms with Crippen LogP contribution in [-0.4, -0.2) is 25.2 Å². The Balaban J connectivity index is 2.79. The van der Waals surface area contributed by atoms with Gasteiger partial charge in [-0.3, -0.25) is 0 Å². The zero-order valence-corrected chi connectivity index (χ0v) is 9.60. The molecule has 0 heterocycles. The molecular formula is C11H14N2O4. The summed E-state index contributed by atoms with van der Waals surface area (Å²) in [5.74, 6) is -1.31. The van der Waals surface area contributed by atoms with Crippen molar-refractivity contribution in [3.63, 3.8) is 0 Å². The van der Waals surface area contributed by atoms with Crippen molar-refractivity contribution in [1.82, 2.24) is 0 Å². The lowest BCUT2D eigenvalue weighted by Crippen LogP contribution is -2.25. The van der Waals surface area contributed by atoms with Crippen molar-refractivity contribution in [2.75, 3.05) is 18.6 Å². The number of nitrogen functional groups attached to an aromatic ring is 2. The third-order valence-corrected chi connectivity index (χ3v) is 2.03. The van der Waals surface area contributed by atoms with E-state index in [1.54, 1.807) is 0 Å². The smallest absolute Gasteiger partial charge is 0.346 e. The van der Waals surface area contributed by atoms with Gasteiger partial charge in [-0.1, -0.05) is 0 Å². The number of nitrogens with two attached hydrogens (primary N) is 2. The Morgan fingerprint density at radius 2 is 1.71 bits per heavy atom. The highest BCUT2D eigenvalue weighted by Crippen LogP contribution is 2.15. The fourth-order valence-electron chi connectivity index (χ4n) is 1.24. The van der Waals surface area contributed by atoms with Crippen molar-refractivity contribution >= 4 is 23.3 Å². The predicted octanol–water partition coefficient (Wildman–Crippen LogP) is 0.569. The third-order valence-electron chi connectivity index (χ3n) is 2.03. The molecule has 0 aliphatic heterocycles. The zero-order chi connectivity index (χ0) is 13.0. The molecule has 4 N–H and O–H groups in total. The second-order valence-corrected chi connectivity index (χ2v) is 3.46. The van der Waals surface area contributed by atoms with Gasteiger partial charge in [0.2, 0.25) is 0 Å². The van der Waals surface area contributed by atoms with E-state index in [0.29, 0.717) is 11.4 Å². The molecule has 92 valence electrons. The Kier molecular flexibility index (Phi) is 3.92. The van der Waals surface area contributed by atoms with E-state index < -0.39 is 18.0 Å². The zero-order valence-electron chi connectivity index (χ0n) is 9.60. The van der Waals surface area contributed by atoms with E-state index in [1.165, 1.54) is 32.2 Å². The quantitative estimate of drug-likeness (QED) is 0.589. The maximum absolute atomic E-state index is 11.6. The van der Waals surface area contributed by atoms with Crippen molar-refractivity contribution < 1.29 is 19.1 Å². The van der Waals surface area contributed by atoms with E-state index in [-0.39, 0.29) is 5.56 Å². The molecule has 0 aliphatic rings. The molecule has 1 atom stereocenters. The summed E-state index contributed by atoms with van der Waals surface area (Å²) in [5.41, 5.74) is 12.0. The highest BCUT2D eigenvalue weighted by Gasteiger charge is 2.19. The summed E-state index contributed by atoms with van der Waals surface area (Å²) in [7, 11) is 1.21. The number of ether oxygens (including phenoxy) is 2. The number of rotatable bonds is 3. The molecule has 0 fully saturated rings. The summed E-state index contributed by atoms with van der Waals surface area (Å²) in [4.78, 5) is 22.7. The summed E-state index contributed by atoms with van der Waals surface area (Å²) in [5, 5.41) is 0. The van der Waals surface area contributed by atoms with Crippen LogP contribution in [0.5, 0.6) is 0 Å². The molecule has 6 nitrogen and oxygen atoms in total. The van der Waals surface area contributed by atoms with Crippen LogP contribution >= 0.6 is 0 Å². The molecule has 0 amide bonds. The average molecular weight is 238 g/mol. The minimum absolute atomic E-state index is 0.193. The van der Waals surface area contributed by atoms with Gasteiger partial charge in [-0.05, 0) is 25.1 Å². The lowest BCUT2D eigenvalue weighted by Gasteiger charge is -2.11. The van der Waals surface area contributed by atoms with E-state index in [9.17, 15) is 9.59 Å². The normalized spacial score (nSPS) is 11.6. The van der Waals surface area contributed by atoms with E-state index in [0.717, 1.165) is 0 Å². The molecule has 0 radical (unpaired) electrons. The largest absolute Gasteiger partial charge is 0.466 e. The average Bonchev–Trinajstić information content (AvgIpc) is 2.26. The van der Waals surface area contributed by atoms with Crippen LogP contribution in [0.2, 0.25) is 0 Å². The van der Waals surface area contributed by atoms with Crippen LogP contribution in [0.15, 0.2) is 18.2 Å². The van der Waals surface area contributed by atoms with E-state index in [4.69, 9.17) is 16.2 Å². The van der Waals surface area contributed by atoms with Crippen LogP contribution in [0, 0.1) is 0 Å². The van der Waals surface area contributed by atoms with E-state index in [2.05, 4.69) is 4.74 Å². The van der Waals surface area contributed by atoms with Crippen molar-refractivity contribution in [3.05, 3.63) is 23.8 Å². The second-order valence-electron chi connectivity index (χ2n) is 3.46. The number of benzene rings is 1. The fraction of sp³-hybridized carbons (Fsp3) is 0.273. The maximum Gasteiger partial charge on any atom is 0.346 e. The highest BCUT2D eigenvalue weighted by atomic mass is 16.6. The minimum atomic E-state index is -0.977. The molecule has 1 aromatic rings. The molecule has 1 aromatic carbocycles. The number of carbonyl (C=O) groups excluding carboxylic acids is 2. The maximum atomic E-state index is 11.6. The number of carbonyl (C=O) groups is 2. The predicted molar refractivity (Wildman–Crippen MR) is 62.2 cm³/mol. The van der Waals surface area contributed by atoms with Gasteiger partial charge >= 0.3 is 11.9 Å². The molecule has 17 heavy (non-hydrogen) atoms. The number of hydrogen-bond donors (Lipinski definition) is 2. The van der Waals surface area contributed by atoms with Crippen molar-refractivity contribution in [1.29, 1.82) is 0 Å². The van der Waals surface area contributed by atoms with Gasteiger partial charge < -0.3 is 20.9 Å². The molecule has 1 rings (SSSR count). The highest BCUT2D eigenvalue weighted by molar-refractivity contribution is 5.93. The van der Waals surface area contributed by atoms with Gasteiger partial charge in [0.25, 0.3) is 0 Å². The van der Waals surface area contributed by atoms with Gasteiger partial charge in [-0.25, -0.2) is 9.59 Å². The summed E-state index contributed by atoms with van der Waals surface area (Å²) in [6.45, 7) is 1.42. The summed E-state index contributed by atoms with van der Waals surface area (Å²) < 4.78 is 9.31.